The number of piperidine rings is 1. The number of halogens is 1. The van der Waals surface area contributed by atoms with E-state index in [9.17, 15) is 24.0 Å². The lowest BCUT2D eigenvalue weighted by atomic mass is 9.97. The molecule has 3 aliphatic rings. The number of carbonyl (C=O) groups is 3. The van der Waals surface area contributed by atoms with Crippen molar-refractivity contribution in [3.8, 4) is 17.2 Å². The highest BCUT2D eigenvalue weighted by Crippen LogP contribution is 2.35. The molecule has 2 fully saturated rings. The maximum atomic E-state index is 14.9. The molecule has 2 aromatic carbocycles. The van der Waals surface area contributed by atoms with E-state index >= 15 is 0 Å². The summed E-state index contributed by atoms with van der Waals surface area (Å²) >= 11 is 0. The minimum atomic E-state index is -0.788. The number of rotatable bonds is 6. The van der Waals surface area contributed by atoms with Crippen molar-refractivity contribution < 1.29 is 18.8 Å². The highest BCUT2D eigenvalue weighted by Gasteiger charge is 2.43. The molecule has 5 rings (SSSR count). The second kappa shape index (κ2) is 14.2. The van der Waals surface area contributed by atoms with Gasteiger partial charge in [0.05, 0.1) is 18.5 Å². The van der Waals surface area contributed by atoms with Gasteiger partial charge in [-0.25, -0.2) is 4.39 Å². The third-order valence-electron chi connectivity index (χ3n) is 7.89. The largest absolute Gasteiger partial charge is 0.349 e. The number of nitriles is 1. The number of anilines is 1. The van der Waals surface area contributed by atoms with E-state index in [0.717, 1.165) is 36.1 Å². The molecule has 10 heteroatoms. The van der Waals surface area contributed by atoms with Crippen molar-refractivity contribution in [1.82, 2.24) is 15.5 Å². The molecule has 1 saturated heterocycles. The fourth-order valence-electron chi connectivity index (χ4n) is 5.59. The van der Waals surface area contributed by atoms with Gasteiger partial charge in [0.15, 0.2) is 0 Å². The van der Waals surface area contributed by atoms with E-state index in [1.807, 2.05) is 31.2 Å². The van der Waals surface area contributed by atoms with Crippen molar-refractivity contribution in [1.29, 1.82) is 5.26 Å². The molecule has 4 atom stereocenters. The lowest BCUT2D eigenvalue weighted by molar-refractivity contribution is -0.128. The van der Waals surface area contributed by atoms with Gasteiger partial charge in [-0.2, -0.15) is 5.26 Å². The molecule has 3 unspecified atom stereocenters. The Morgan fingerprint density at radius 2 is 1.88 bits per heavy atom. The van der Waals surface area contributed by atoms with Crippen molar-refractivity contribution in [2.24, 2.45) is 11.7 Å². The average molecular weight is 565 g/mol. The quantitative estimate of drug-likeness (QED) is 0.495. The summed E-state index contributed by atoms with van der Waals surface area (Å²) in [6.45, 7) is 1.85. The Labute approximate surface area is 241 Å². The number of nitrogens with one attached hydrogen (secondary N) is 2. The third kappa shape index (κ3) is 7.48. The minimum absolute atomic E-state index is 0.0453. The molecule has 4 N–H and O–H groups in total. The van der Waals surface area contributed by atoms with Gasteiger partial charge in [-0.05, 0) is 66.6 Å². The van der Waals surface area contributed by atoms with E-state index in [-0.39, 0.29) is 30.2 Å². The molecule has 2 heterocycles. The van der Waals surface area contributed by atoms with Crippen LogP contribution in [0.15, 0.2) is 36.4 Å². The summed E-state index contributed by atoms with van der Waals surface area (Å²) in [7, 11) is 6.75. The van der Waals surface area contributed by atoms with Crippen LogP contribution in [-0.2, 0) is 27.2 Å². The molecule has 2 aliphatic heterocycles. The molecule has 2 bridgehead atoms. The third-order valence-corrected chi connectivity index (χ3v) is 7.89. The minimum Gasteiger partial charge on any atom is -0.349 e. The first kappa shape index (κ1) is 31.7. The molecule has 0 radical (unpaired) electrons. The average Bonchev–Trinajstić information content (AvgIpc) is 3.69. The number of carbonyl (C=O) groups excluding carboxylic acids is 3. The molecular weight excluding hydrogens is 523 g/mol. The van der Waals surface area contributed by atoms with E-state index in [0.29, 0.717) is 35.9 Å². The molecule has 41 heavy (non-hydrogen) atoms. The van der Waals surface area contributed by atoms with E-state index in [1.54, 1.807) is 37.0 Å². The van der Waals surface area contributed by atoms with Crippen LogP contribution in [0, 0.1) is 23.1 Å². The molecule has 3 amide bonds. The van der Waals surface area contributed by atoms with Crippen molar-refractivity contribution in [2.45, 2.75) is 63.6 Å². The molecule has 9 nitrogen and oxygen atoms in total. The number of hydrogen-bond acceptors (Lipinski definition) is 6. The van der Waals surface area contributed by atoms with Gasteiger partial charge in [0.25, 0.3) is 0 Å². The van der Waals surface area contributed by atoms with Gasteiger partial charge in [0.2, 0.25) is 17.7 Å². The summed E-state index contributed by atoms with van der Waals surface area (Å²) < 4.78 is 14.9. The maximum Gasteiger partial charge on any atom is 0.238 e. The van der Waals surface area contributed by atoms with Crippen molar-refractivity contribution >= 4 is 23.4 Å². The van der Waals surface area contributed by atoms with Crippen LogP contribution in [-0.4, -0.2) is 68.9 Å². The van der Waals surface area contributed by atoms with Gasteiger partial charge in [-0.3, -0.25) is 14.4 Å². The van der Waals surface area contributed by atoms with E-state index in [4.69, 9.17) is 0 Å². The fraction of sp³-hybridized carbons (Fsp3) is 0.484. The Balaban J connectivity index is 0.000000452. The van der Waals surface area contributed by atoms with Crippen LogP contribution in [0.3, 0.4) is 0 Å². The Hall–Kier alpha value is -3.81. The van der Waals surface area contributed by atoms with E-state index in [1.165, 1.54) is 13.1 Å². The van der Waals surface area contributed by atoms with Crippen LogP contribution in [0.5, 0.6) is 0 Å². The predicted octanol–water partition coefficient (Wildman–Crippen LogP) is 2.76. The lowest BCUT2D eigenvalue weighted by Crippen LogP contribution is -2.50. The second-order valence-corrected chi connectivity index (χ2v) is 10.7. The fourth-order valence-corrected chi connectivity index (χ4v) is 5.59. The van der Waals surface area contributed by atoms with Gasteiger partial charge in [-0.15, -0.1) is 0 Å². The van der Waals surface area contributed by atoms with Crippen LogP contribution in [0.25, 0.3) is 11.1 Å². The van der Waals surface area contributed by atoms with Gasteiger partial charge in [0, 0.05) is 45.7 Å². The Morgan fingerprint density at radius 1 is 1.20 bits per heavy atom. The van der Waals surface area contributed by atoms with E-state index in [2.05, 4.69) is 22.4 Å². The summed E-state index contributed by atoms with van der Waals surface area (Å²) in [4.78, 5) is 38.2. The zero-order valence-electron chi connectivity index (χ0n) is 24.5. The van der Waals surface area contributed by atoms with Crippen molar-refractivity contribution in [2.75, 3.05) is 33.1 Å². The van der Waals surface area contributed by atoms with Crippen molar-refractivity contribution in [3.63, 3.8) is 0 Å². The first-order valence-electron chi connectivity index (χ1n) is 14.0. The summed E-state index contributed by atoms with van der Waals surface area (Å²) in [6.07, 6.45) is 4.25. The molecule has 0 aromatic heterocycles. The number of likely N-dealkylation sites (N-methyl/N-ethyl adjacent to an activating group) is 1. The number of nitrogens with zero attached hydrogens (tertiary/aromatic N) is 3. The molecule has 0 spiro atoms. The van der Waals surface area contributed by atoms with Crippen LogP contribution in [0.2, 0.25) is 0 Å². The maximum absolute atomic E-state index is 14.9. The van der Waals surface area contributed by atoms with Gasteiger partial charge < -0.3 is 26.2 Å². The van der Waals surface area contributed by atoms with E-state index < -0.39 is 11.9 Å². The lowest BCUT2D eigenvalue weighted by Gasteiger charge is -2.23. The summed E-state index contributed by atoms with van der Waals surface area (Å²) in [6, 6.07) is 12.1. The normalized spacial score (nSPS) is 20.6. The van der Waals surface area contributed by atoms with Crippen LogP contribution >= 0.6 is 0 Å². The first-order chi connectivity index (χ1) is 19.6. The molecule has 1 saturated carbocycles. The molecule has 220 valence electrons. The number of benzene rings is 2. The number of hydrogen-bond donors (Lipinski definition) is 3. The smallest absolute Gasteiger partial charge is 0.238 e. The topological polar surface area (TPSA) is 132 Å². The number of fused-ring (bicyclic) bond motifs is 3. The number of nitrogens with two attached hydrogens (primary N) is 1. The van der Waals surface area contributed by atoms with Gasteiger partial charge in [0.1, 0.15) is 11.9 Å². The van der Waals surface area contributed by atoms with Gasteiger partial charge >= 0.3 is 0 Å². The highest BCUT2D eigenvalue weighted by molar-refractivity contribution is 6.01. The SMILES string of the molecule is CCC(=O)N(C)C.CN.CN1C(=O)Cc2ccc(-c3ccc(C[C@@H](C#N)NC(=O)C4NC5CCC4C5)c(F)c3)cc21. The molecule has 1 aliphatic carbocycles. The Bertz CT molecular complexity index is 1310. The summed E-state index contributed by atoms with van der Waals surface area (Å²) in [5, 5.41) is 15.6. The monoisotopic (exact) mass is 564 g/mol. The van der Waals surface area contributed by atoms with Crippen LogP contribution < -0.4 is 21.3 Å². The summed E-state index contributed by atoms with van der Waals surface area (Å²) in [5.41, 5.74) is 8.22. The standard InChI is InChI=1S/C25H25FN4O2.C5H11NO.CH5N/c1-30-22-11-15(3-5-17(22)12-23(30)31)14-2-4-16(21(26)10-14)8-20(13-27)29-25(32)24-18-6-7-19(9-18)28-24;1-4-5(7)6(2)3;1-2/h2-5,10-11,18-20,24,28H,6-9,12H2,1H3,(H,29,32);4H2,1-3H3;2H2,1H3/t18?,19?,20-,24?;;/m0../s1. The first-order valence-corrected chi connectivity index (χ1v) is 14.0. The zero-order valence-corrected chi connectivity index (χ0v) is 24.5. The molecule has 2 aromatic rings. The Morgan fingerprint density at radius 3 is 2.41 bits per heavy atom. The number of amides is 3. The van der Waals surface area contributed by atoms with Crippen LogP contribution in [0.1, 0.15) is 43.7 Å². The van der Waals surface area contributed by atoms with Gasteiger partial charge in [-0.1, -0.05) is 31.2 Å². The second-order valence-electron chi connectivity index (χ2n) is 10.7. The molecular formula is C31H41FN6O3. The summed E-state index contributed by atoms with van der Waals surface area (Å²) in [5.74, 6) is -0.0292. The highest BCUT2D eigenvalue weighted by atomic mass is 19.1. The predicted molar refractivity (Wildman–Crippen MR) is 157 cm³/mol. The Kier molecular flexibility index (Phi) is 11.0. The van der Waals surface area contributed by atoms with Crippen LogP contribution in [0.4, 0.5) is 10.1 Å². The van der Waals surface area contributed by atoms with Crippen molar-refractivity contribution in [3.05, 3.63) is 53.3 Å². The zero-order chi connectivity index (χ0) is 30.3.